The van der Waals surface area contributed by atoms with Crippen molar-refractivity contribution in [2.45, 2.75) is 39.5 Å². The van der Waals surface area contributed by atoms with E-state index >= 15 is 0 Å². The Morgan fingerprint density at radius 3 is 2.33 bits per heavy atom. The number of benzene rings is 1. The number of carbonyl (C=O) groups excluding carboxylic acids is 2. The van der Waals surface area contributed by atoms with Gasteiger partial charge in [0.05, 0.1) is 16.8 Å². The second-order valence-electron chi connectivity index (χ2n) is 8.83. The summed E-state index contributed by atoms with van der Waals surface area (Å²) >= 11 is 0. The molecule has 7 nitrogen and oxygen atoms in total. The number of pyridine rings is 1. The fraction of sp³-hybridized carbons (Fsp3) is 0.348. The number of H-pyrrole nitrogens is 1. The van der Waals surface area contributed by atoms with Crippen LogP contribution in [0.15, 0.2) is 30.5 Å². The molecule has 0 spiro atoms. The summed E-state index contributed by atoms with van der Waals surface area (Å²) in [7, 11) is 3.11. The van der Waals surface area contributed by atoms with Gasteiger partial charge in [-0.1, -0.05) is 6.07 Å². The maximum atomic E-state index is 13.5. The molecule has 0 saturated heterocycles. The van der Waals surface area contributed by atoms with Crippen molar-refractivity contribution in [2.24, 2.45) is 0 Å². The first-order valence-electron chi connectivity index (χ1n) is 10.1. The Morgan fingerprint density at radius 2 is 1.76 bits per heavy atom. The van der Waals surface area contributed by atoms with Crippen LogP contribution in [-0.4, -0.2) is 46.6 Å². The van der Waals surface area contributed by atoms with Gasteiger partial charge >= 0.3 is 12.3 Å². The zero-order valence-corrected chi connectivity index (χ0v) is 19.1. The number of fused-ring (bicyclic) bond motifs is 1. The minimum atomic E-state index is -4.55. The second-order valence-corrected chi connectivity index (χ2v) is 8.83. The highest BCUT2D eigenvalue weighted by Gasteiger charge is 2.36. The van der Waals surface area contributed by atoms with Crippen molar-refractivity contribution < 1.29 is 27.5 Å². The first kappa shape index (κ1) is 24.1. The van der Waals surface area contributed by atoms with Gasteiger partial charge in [0, 0.05) is 36.9 Å². The number of aromatic nitrogens is 2. The van der Waals surface area contributed by atoms with Crippen LogP contribution in [-0.2, 0) is 10.9 Å². The van der Waals surface area contributed by atoms with Crippen LogP contribution >= 0.6 is 0 Å². The monoisotopic (exact) mass is 462 g/mol. The number of aromatic amines is 1. The predicted octanol–water partition coefficient (Wildman–Crippen LogP) is 5.61. The van der Waals surface area contributed by atoms with Gasteiger partial charge < -0.3 is 14.6 Å². The van der Waals surface area contributed by atoms with Crippen molar-refractivity contribution in [3.63, 3.8) is 0 Å². The molecule has 0 unspecified atom stereocenters. The molecule has 1 aromatic carbocycles. The summed E-state index contributed by atoms with van der Waals surface area (Å²) < 4.78 is 45.9. The van der Waals surface area contributed by atoms with E-state index < -0.39 is 29.3 Å². The summed E-state index contributed by atoms with van der Waals surface area (Å²) in [5, 5.41) is 2.50. The predicted molar refractivity (Wildman–Crippen MR) is 119 cm³/mol. The number of amides is 2. The largest absolute Gasteiger partial charge is 0.444 e. The summed E-state index contributed by atoms with van der Waals surface area (Å²) in [5.41, 5.74) is -0.181. The molecule has 33 heavy (non-hydrogen) atoms. The highest BCUT2D eigenvalue weighted by atomic mass is 19.4. The molecule has 0 atom stereocenters. The molecule has 3 rings (SSSR count). The van der Waals surface area contributed by atoms with E-state index in [1.807, 2.05) is 0 Å². The van der Waals surface area contributed by atoms with E-state index in [0.29, 0.717) is 11.1 Å². The fourth-order valence-electron chi connectivity index (χ4n) is 3.38. The van der Waals surface area contributed by atoms with Gasteiger partial charge in [-0.2, -0.15) is 13.2 Å². The molecular weight excluding hydrogens is 437 g/mol. The summed E-state index contributed by atoms with van der Waals surface area (Å²) in [6.45, 7) is 6.48. The zero-order chi connectivity index (χ0) is 24.7. The molecule has 0 saturated carbocycles. The van der Waals surface area contributed by atoms with Crippen LogP contribution in [0.4, 0.5) is 23.7 Å². The van der Waals surface area contributed by atoms with E-state index in [0.717, 1.165) is 0 Å². The molecule has 3 aromatic rings. The van der Waals surface area contributed by atoms with Crippen LogP contribution < -0.4 is 5.32 Å². The number of ether oxygens (including phenoxy) is 1. The number of nitrogens with zero attached hydrogens (tertiary/aromatic N) is 2. The Hall–Kier alpha value is -3.56. The van der Waals surface area contributed by atoms with Gasteiger partial charge in [0.15, 0.2) is 0 Å². The van der Waals surface area contributed by atoms with Gasteiger partial charge in [-0.3, -0.25) is 10.1 Å². The standard InChI is InChI=1S/C23H25F3N4O3/c1-12-18(23(24,25)26)16-10-14(11-27-19(16)28-12)13-7-8-17(15(9-13)20(31)30(5)6)29-21(32)33-22(2,3)4/h7-11H,1-6H3,(H,27,28)(H,29,32). The van der Waals surface area contributed by atoms with E-state index in [2.05, 4.69) is 15.3 Å². The Bertz CT molecular complexity index is 1220. The minimum absolute atomic E-state index is 0.0254. The molecule has 0 aliphatic carbocycles. The lowest BCUT2D eigenvalue weighted by Crippen LogP contribution is -2.29. The first-order valence-corrected chi connectivity index (χ1v) is 10.1. The average molecular weight is 462 g/mol. The van der Waals surface area contributed by atoms with Crippen LogP contribution in [0, 0.1) is 6.92 Å². The van der Waals surface area contributed by atoms with Crippen molar-refractivity contribution in [1.29, 1.82) is 0 Å². The van der Waals surface area contributed by atoms with Crippen molar-refractivity contribution in [3.8, 4) is 11.1 Å². The average Bonchev–Trinajstić information content (AvgIpc) is 3.01. The topological polar surface area (TPSA) is 87.3 Å². The maximum absolute atomic E-state index is 13.5. The van der Waals surface area contributed by atoms with E-state index in [-0.39, 0.29) is 28.0 Å². The van der Waals surface area contributed by atoms with Crippen LogP contribution in [0.2, 0.25) is 0 Å². The van der Waals surface area contributed by atoms with E-state index in [1.54, 1.807) is 40.9 Å². The number of hydrogen-bond donors (Lipinski definition) is 2. The normalized spacial score (nSPS) is 12.0. The van der Waals surface area contributed by atoms with Crippen LogP contribution in [0.25, 0.3) is 22.2 Å². The molecule has 176 valence electrons. The highest BCUT2D eigenvalue weighted by molar-refractivity contribution is 6.03. The van der Waals surface area contributed by atoms with Gasteiger partial charge in [0.2, 0.25) is 0 Å². The summed E-state index contributed by atoms with van der Waals surface area (Å²) in [6.07, 6.45) is -3.85. The molecular formula is C23H25F3N4O3. The molecule has 0 aliphatic heterocycles. The Kier molecular flexibility index (Phi) is 6.14. The number of hydrogen-bond acceptors (Lipinski definition) is 4. The van der Waals surface area contributed by atoms with Crippen LogP contribution in [0.1, 0.15) is 42.4 Å². The van der Waals surface area contributed by atoms with Gasteiger partial charge in [0.25, 0.3) is 5.91 Å². The van der Waals surface area contributed by atoms with Gasteiger partial charge in [-0.05, 0) is 51.5 Å². The lowest BCUT2D eigenvalue weighted by atomic mass is 10.0. The Morgan fingerprint density at radius 1 is 1.09 bits per heavy atom. The highest BCUT2D eigenvalue weighted by Crippen LogP contribution is 2.38. The number of rotatable bonds is 3. The second kappa shape index (κ2) is 8.42. The fourth-order valence-corrected chi connectivity index (χ4v) is 3.38. The third-order valence-corrected chi connectivity index (χ3v) is 4.75. The number of halogens is 3. The minimum Gasteiger partial charge on any atom is -0.444 e. The third-order valence-electron chi connectivity index (χ3n) is 4.75. The molecule has 2 amide bonds. The lowest BCUT2D eigenvalue weighted by molar-refractivity contribution is -0.136. The zero-order valence-electron chi connectivity index (χ0n) is 19.1. The quantitative estimate of drug-likeness (QED) is 0.530. The lowest BCUT2D eigenvalue weighted by Gasteiger charge is -2.21. The molecule has 0 fully saturated rings. The summed E-state index contributed by atoms with van der Waals surface area (Å²) in [6, 6.07) is 5.99. The van der Waals surface area contributed by atoms with Crippen molar-refractivity contribution >= 4 is 28.7 Å². The molecule has 2 heterocycles. The molecule has 10 heteroatoms. The summed E-state index contributed by atoms with van der Waals surface area (Å²) in [5.74, 6) is -0.398. The van der Waals surface area contributed by atoms with Gasteiger partial charge in [-0.15, -0.1) is 0 Å². The summed E-state index contributed by atoms with van der Waals surface area (Å²) in [4.78, 5) is 33.1. The van der Waals surface area contributed by atoms with E-state index in [1.165, 1.54) is 36.2 Å². The smallest absolute Gasteiger partial charge is 0.418 e. The number of anilines is 1. The van der Waals surface area contributed by atoms with Crippen molar-refractivity contribution in [2.75, 3.05) is 19.4 Å². The van der Waals surface area contributed by atoms with Crippen molar-refractivity contribution in [1.82, 2.24) is 14.9 Å². The Balaban J connectivity index is 2.09. The molecule has 0 bridgehead atoms. The van der Waals surface area contributed by atoms with Crippen LogP contribution in [0.3, 0.4) is 0 Å². The number of carbonyl (C=O) groups is 2. The molecule has 0 radical (unpaired) electrons. The van der Waals surface area contributed by atoms with Crippen LogP contribution in [0.5, 0.6) is 0 Å². The number of aryl methyl sites for hydroxylation is 1. The molecule has 0 aliphatic rings. The molecule has 2 N–H and O–H groups in total. The molecule has 2 aromatic heterocycles. The third kappa shape index (κ3) is 5.27. The Labute approximate surface area is 188 Å². The first-order chi connectivity index (χ1) is 15.2. The number of nitrogens with one attached hydrogen (secondary N) is 2. The SMILES string of the molecule is Cc1[nH]c2ncc(-c3ccc(NC(=O)OC(C)(C)C)c(C(=O)N(C)C)c3)cc2c1C(F)(F)F. The van der Waals surface area contributed by atoms with Crippen molar-refractivity contribution in [3.05, 3.63) is 47.3 Å². The maximum Gasteiger partial charge on any atom is 0.418 e. The number of alkyl halides is 3. The van der Waals surface area contributed by atoms with Gasteiger partial charge in [0.1, 0.15) is 11.2 Å². The van der Waals surface area contributed by atoms with E-state index in [9.17, 15) is 22.8 Å². The van der Waals surface area contributed by atoms with Gasteiger partial charge in [-0.25, -0.2) is 9.78 Å². The van der Waals surface area contributed by atoms with E-state index in [4.69, 9.17) is 4.74 Å².